The van der Waals surface area contributed by atoms with Gasteiger partial charge in [0.05, 0.1) is 17.5 Å². The number of anilines is 1. The number of carbonyl (C=O) groups is 2. The number of hydrogen-bond acceptors (Lipinski definition) is 6. The molecule has 1 amide bonds. The number of nitrogens with zero attached hydrogens (tertiary/aromatic N) is 4. The van der Waals surface area contributed by atoms with Crippen molar-refractivity contribution in [2.45, 2.75) is 13.2 Å². The molecule has 0 atom stereocenters. The van der Waals surface area contributed by atoms with Crippen LogP contribution in [0.3, 0.4) is 0 Å². The van der Waals surface area contributed by atoms with E-state index in [-0.39, 0.29) is 23.8 Å². The summed E-state index contributed by atoms with van der Waals surface area (Å²) in [5.74, 6) is -1.60. The summed E-state index contributed by atoms with van der Waals surface area (Å²) in [5.41, 5.74) is 1.03. The van der Waals surface area contributed by atoms with Gasteiger partial charge in [0.15, 0.2) is 0 Å². The predicted octanol–water partition coefficient (Wildman–Crippen LogP) is 2.28. The molecule has 3 rings (SSSR count). The van der Waals surface area contributed by atoms with Gasteiger partial charge in [-0.1, -0.05) is 0 Å². The molecule has 3 aromatic rings. The van der Waals surface area contributed by atoms with Crippen LogP contribution in [0, 0.1) is 0 Å². The van der Waals surface area contributed by atoms with Gasteiger partial charge < -0.3 is 9.84 Å². The van der Waals surface area contributed by atoms with Crippen LogP contribution in [-0.2, 0) is 11.3 Å². The quantitative estimate of drug-likeness (QED) is 0.636. The highest BCUT2D eigenvalue weighted by Gasteiger charge is 2.11. The monoisotopic (exact) mass is 389 g/mol. The molecule has 144 valence electrons. The molecule has 0 radical (unpaired) electrons. The smallest absolute Gasteiger partial charge is 0.387 e. The zero-order valence-electron chi connectivity index (χ0n) is 14.1. The Kier molecular flexibility index (Phi) is 5.53. The fraction of sp³-hybridized carbons (Fsp3) is 0.118. The lowest BCUT2D eigenvalue weighted by Gasteiger charge is -2.07. The van der Waals surface area contributed by atoms with E-state index in [0.717, 1.165) is 6.20 Å². The van der Waals surface area contributed by atoms with E-state index < -0.39 is 18.5 Å². The molecule has 0 saturated carbocycles. The molecule has 0 unspecified atom stereocenters. The van der Waals surface area contributed by atoms with Gasteiger partial charge in [0.25, 0.3) is 0 Å². The maximum absolute atomic E-state index is 12.2. The first kappa shape index (κ1) is 18.9. The van der Waals surface area contributed by atoms with Gasteiger partial charge in [0.1, 0.15) is 12.3 Å². The van der Waals surface area contributed by atoms with Crippen LogP contribution in [0.25, 0.3) is 11.3 Å². The highest BCUT2D eigenvalue weighted by atomic mass is 19.3. The summed E-state index contributed by atoms with van der Waals surface area (Å²) in [6.45, 7) is -3.13. The average Bonchev–Trinajstić information content (AvgIpc) is 3.11. The molecule has 1 aromatic carbocycles. The number of nitrogens with one attached hydrogen (secondary N) is 1. The largest absolute Gasteiger partial charge is 0.478 e. The van der Waals surface area contributed by atoms with E-state index in [1.807, 2.05) is 0 Å². The highest BCUT2D eigenvalue weighted by Crippen LogP contribution is 2.22. The Morgan fingerprint density at radius 1 is 1.21 bits per heavy atom. The van der Waals surface area contributed by atoms with Gasteiger partial charge in [0, 0.05) is 18.0 Å². The summed E-state index contributed by atoms with van der Waals surface area (Å²) in [6, 6.07) is 7.43. The van der Waals surface area contributed by atoms with Crippen LogP contribution < -0.4 is 10.1 Å². The first-order valence-electron chi connectivity index (χ1n) is 7.84. The van der Waals surface area contributed by atoms with Crippen LogP contribution in [0.2, 0.25) is 0 Å². The second-order valence-corrected chi connectivity index (χ2v) is 5.45. The van der Waals surface area contributed by atoms with Crippen molar-refractivity contribution in [1.82, 2.24) is 19.7 Å². The molecule has 0 saturated heterocycles. The van der Waals surface area contributed by atoms with Crippen molar-refractivity contribution in [2.75, 3.05) is 5.32 Å². The van der Waals surface area contributed by atoms with Gasteiger partial charge in [-0.3, -0.25) is 14.8 Å². The minimum Gasteiger partial charge on any atom is -0.478 e. The number of carbonyl (C=O) groups excluding carboxylic acids is 1. The Morgan fingerprint density at radius 3 is 2.61 bits per heavy atom. The predicted molar refractivity (Wildman–Crippen MR) is 91.9 cm³/mol. The lowest BCUT2D eigenvalue weighted by molar-refractivity contribution is -0.117. The molecule has 2 aromatic heterocycles. The molecule has 0 aliphatic carbocycles. The number of carboxylic acid groups (broad SMARTS) is 1. The van der Waals surface area contributed by atoms with Crippen molar-refractivity contribution >= 4 is 17.8 Å². The Hall–Kier alpha value is -3.89. The zero-order valence-corrected chi connectivity index (χ0v) is 14.1. The highest BCUT2D eigenvalue weighted by molar-refractivity contribution is 5.89. The molecule has 28 heavy (non-hydrogen) atoms. The van der Waals surface area contributed by atoms with E-state index in [9.17, 15) is 18.4 Å². The minimum absolute atomic E-state index is 0.0151. The Labute approximate surface area is 156 Å². The summed E-state index contributed by atoms with van der Waals surface area (Å²) in [4.78, 5) is 31.0. The summed E-state index contributed by atoms with van der Waals surface area (Å²) in [6.07, 6.45) is 3.79. The van der Waals surface area contributed by atoms with Gasteiger partial charge in [-0.25, -0.2) is 14.8 Å². The number of aromatic carboxylic acids is 1. The number of halogens is 2. The van der Waals surface area contributed by atoms with Crippen LogP contribution in [0.15, 0.2) is 48.9 Å². The molecule has 0 fully saturated rings. The molecule has 2 heterocycles. The minimum atomic E-state index is -2.91. The number of carboxylic acids is 1. The van der Waals surface area contributed by atoms with Crippen LogP contribution in [-0.4, -0.2) is 43.3 Å². The fourth-order valence-electron chi connectivity index (χ4n) is 2.26. The number of amides is 1. The average molecular weight is 389 g/mol. The third kappa shape index (κ3) is 4.84. The maximum Gasteiger partial charge on any atom is 0.387 e. The van der Waals surface area contributed by atoms with Gasteiger partial charge in [-0.05, 0) is 30.3 Å². The van der Waals surface area contributed by atoms with Crippen LogP contribution in [0.5, 0.6) is 5.75 Å². The van der Waals surface area contributed by atoms with Crippen molar-refractivity contribution in [3.8, 4) is 17.0 Å². The van der Waals surface area contributed by atoms with Crippen molar-refractivity contribution in [1.29, 1.82) is 0 Å². The van der Waals surface area contributed by atoms with Gasteiger partial charge in [-0.15, -0.1) is 0 Å². The lowest BCUT2D eigenvalue weighted by atomic mass is 10.1. The number of alkyl halides is 2. The number of hydrogen-bond donors (Lipinski definition) is 2. The first-order chi connectivity index (χ1) is 13.4. The third-order valence-electron chi connectivity index (χ3n) is 3.47. The summed E-state index contributed by atoms with van der Waals surface area (Å²) in [7, 11) is 0. The number of aromatic nitrogens is 4. The molecule has 0 aliphatic heterocycles. The topological polar surface area (TPSA) is 119 Å². The van der Waals surface area contributed by atoms with Crippen molar-refractivity contribution in [3.63, 3.8) is 0 Å². The van der Waals surface area contributed by atoms with Crippen molar-refractivity contribution in [3.05, 3.63) is 54.5 Å². The van der Waals surface area contributed by atoms with E-state index in [1.165, 1.54) is 29.2 Å². The molecule has 0 bridgehead atoms. The Bertz CT molecular complexity index is 991. The molecule has 0 aliphatic rings. The first-order valence-corrected chi connectivity index (χ1v) is 7.84. The normalized spacial score (nSPS) is 10.7. The molecule has 9 nitrogen and oxygen atoms in total. The molecule has 11 heteroatoms. The summed E-state index contributed by atoms with van der Waals surface area (Å²) in [5, 5.41) is 15.1. The van der Waals surface area contributed by atoms with E-state index in [0.29, 0.717) is 11.3 Å². The zero-order chi connectivity index (χ0) is 20.1. The van der Waals surface area contributed by atoms with E-state index in [1.54, 1.807) is 18.2 Å². The van der Waals surface area contributed by atoms with Gasteiger partial charge in [-0.2, -0.15) is 13.9 Å². The Balaban J connectivity index is 1.67. The van der Waals surface area contributed by atoms with Crippen molar-refractivity contribution in [2.24, 2.45) is 0 Å². The van der Waals surface area contributed by atoms with Gasteiger partial charge in [0.2, 0.25) is 11.9 Å². The molecule has 2 N–H and O–H groups in total. The molecule has 0 spiro atoms. The van der Waals surface area contributed by atoms with E-state index in [2.05, 4.69) is 25.1 Å². The molecular formula is C17H13F2N5O4. The fourth-order valence-corrected chi connectivity index (χ4v) is 2.26. The second-order valence-electron chi connectivity index (χ2n) is 5.45. The maximum atomic E-state index is 12.2. The lowest BCUT2D eigenvalue weighted by Crippen LogP contribution is -2.20. The number of benzene rings is 1. The third-order valence-corrected chi connectivity index (χ3v) is 3.47. The van der Waals surface area contributed by atoms with Crippen molar-refractivity contribution < 1.29 is 28.2 Å². The number of ether oxygens (including phenoxy) is 1. The standard InChI is InChI=1S/C17H13F2N5O4/c18-16(19)28-12-3-1-10(2-4-12)13-5-6-20-17(22-13)23-14(25)9-24-8-11(7-21-24)15(26)27/h1-8,16H,9H2,(H,26,27)(H,20,22,23,25). The van der Waals surface area contributed by atoms with Crippen LogP contribution >= 0.6 is 0 Å². The summed E-state index contributed by atoms with van der Waals surface area (Å²) >= 11 is 0. The second kappa shape index (κ2) is 8.20. The summed E-state index contributed by atoms with van der Waals surface area (Å²) < 4.78 is 29.9. The van der Waals surface area contributed by atoms with Gasteiger partial charge >= 0.3 is 12.6 Å². The SMILES string of the molecule is O=C(Cn1cc(C(=O)O)cn1)Nc1nccc(-c2ccc(OC(F)F)cc2)n1. The van der Waals surface area contributed by atoms with E-state index in [4.69, 9.17) is 5.11 Å². The molecular weight excluding hydrogens is 376 g/mol. The Morgan fingerprint density at radius 2 is 1.96 bits per heavy atom. The number of rotatable bonds is 7. The van der Waals surface area contributed by atoms with Crippen LogP contribution in [0.4, 0.5) is 14.7 Å². The van der Waals surface area contributed by atoms with Crippen LogP contribution in [0.1, 0.15) is 10.4 Å². The van der Waals surface area contributed by atoms with E-state index >= 15 is 0 Å².